The first-order chi connectivity index (χ1) is 16.4. The van der Waals surface area contributed by atoms with E-state index in [4.69, 9.17) is 4.74 Å². The molecule has 190 valence electrons. The summed E-state index contributed by atoms with van der Waals surface area (Å²) in [6.45, 7) is 8.00. The fraction of sp³-hybridized carbons (Fsp3) is 0.500. The van der Waals surface area contributed by atoms with Gasteiger partial charge in [-0.3, -0.25) is 9.88 Å². The third-order valence-electron chi connectivity index (χ3n) is 5.87. The summed E-state index contributed by atoms with van der Waals surface area (Å²) in [5, 5.41) is 19.8. The normalized spacial score (nSPS) is 21.1. The van der Waals surface area contributed by atoms with E-state index in [1.807, 2.05) is 26.1 Å². The highest BCUT2D eigenvalue weighted by Crippen LogP contribution is 2.34. The number of aliphatic hydroxyl groups is 2. The molecule has 0 aliphatic carbocycles. The van der Waals surface area contributed by atoms with Crippen molar-refractivity contribution < 1.29 is 23.4 Å². The van der Waals surface area contributed by atoms with E-state index in [-0.39, 0.29) is 35.8 Å². The van der Waals surface area contributed by atoms with Gasteiger partial charge in [-0.05, 0) is 63.7 Å². The number of ether oxygens (including phenoxy) is 1. The topological polar surface area (TPSA) is 103 Å². The van der Waals surface area contributed by atoms with Crippen LogP contribution in [0.2, 0.25) is 0 Å². The van der Waals surface area contributed by atoms with E-state index >= 15 is 0 Å². The summed E-state index contributed by atoms with van der Waals surface area (Å²) in [6, 6.07) is 8.04. The molecule has 1 aromatic heterocycles. The van der Waals surface area contributed by atoms with Gasteiger partial charge in [0.1, 0.15) is 22.4 Å². The minimum absolute atomic E-state index is 0.0419. The number of likely N-dealkylation sites (N-methyl/N-ethyl adjacent to an activating group) is 1. The number of nitrogens with zero attached hydrogens (tertiary/aromatic N) is 3. The van der Waals surface area contributed by atoms with Gasteiger partial charge >= 0.3 is 0 Å². The summed E-state index contributed by atoms with van der Waals surface area (Å²) < 4.78 is 34.9. The molecule has 2 aromatic rings. The number of hydrogen-bond donors (Lipinski definition) is 2. The Hall–Kier alpha value is -2.48. The fourth-order valence-electron chi connectivity index (χ4n) is 3.92. The maximum atomic E-state index is 13.6. The summed E-state index contributed by atoms with van der Waals surface area (Å²) in [7, 11) is -1.92. The highest BCUT2D eigenvalue weighted by atomic mass is 32.2. The van der Waals surface area contributed by atoms with Crippen molar-refractivity contribution in [1.82, 2.24) is 14.2 Å². The second-order valence-electron chi connectivity index (χ2n) is 9.76. The smallest absolute Gasteiger partial charge is 0.247 e. The highest BCUT2D eigenvalue weighted by Gasteiger charge is 2.38. The van der Waals surface area contributed by atoms with Crippen LogP contribution in [0.5, 0.6) is 5.75 Å². The number of pyridine rings is 1. The summed E-state index contributed by atoms with van der Waals surface area (Å²) in [4.78, 5) is 6.23. The van der Waals surface area contributed by atoms with Crippen molar-refractivity contribution in [3.05, 3.63) is 53.9 Å². The van der Waals surface area contributed by atoms with Gasteiger partial charge in [-0.25, -0.2) is 8.42 Å². The Labute approximate surface area is 208 Å². The zero-order valence-electron chi connectivity index (χ0n) is 21.0. The van der Waals surface area contributed by atoms with Crippen molar-refractivity contribution >= 4 is 10.0 Å². The predicted molar refractivity (Wildman–Crippen MR) is 134 cm³/mol. The fourth-order valence-corrected chi connectivity index (χ4v) is 5.74. The largest absolute Gasteiger partial charge is 0.487 e. The van der Waals surface area contributed by atoms with Crippen molar-refractivity contribution in [1.29, 1.82) is 0 Å². The van der Waals surface area contributed by atoms with E-state index in [1.165, 1.54) is 10.4 Å². The number of fused-ring (bicyclic) bond motifs is 1. The van der Waals surface area contributed by atoms with Gasteiger partial charge in [0.25, 0.3) is 0 Å². The van der Waals surface area contributed by atoms with Crippen molar-refractivity contribution in [3.8, 4) is 17.6 Å². The summed E-state index contributed by atoms with van der Waals surface area (Å²) in [6.07, 6.45) is 3.19. The molecule has 9 heteroatoms. The molecular weight excluding hydrogens is 466 g/mol. The van der Waals surface area contributed by atoms with E-state index in [9.17, 15) is 18.6 Å². The highest BCUT2D eigenvalue weighted by molar-refractivity contribution is 7.89. The average molecular weight is 502 g/mol. The van der Waals surface area contributed by atoms with Crippen LogP contribution in [0.25, 0.3) is 0 Å². The molecule has 0 saturated carbocycles. The number of sulfonamides is 1. The Morgan fingerprint density at radius 3 is 2.60 bits per heavy atom. The molecule has 35 heavy (non-hydrogen) atoms. The minimum Gasteiger partial charge on any atom is -0.487 e. The van der Waals surface area contributed by atoms with Crippen molar-refractivity contribution in [3.63, 3.8) is 0 Å². The quantitative estimate of drug-likeness (QED) is 0.585. The molecule has 0 amide bonds. The zero-order chi connectivity index (χ0) is 25.8. The van der Waals surface area contributed by atoms with Crippen LogP contribution >= 0.6 is 0 Å². The van der Waals surface area contributed by atoms with Gasteiger partial charge in [0.05, 0.1) is 6.61 Å². The average Bonchev–Trinajstić information content (AvgIpc) is 2.79. The first kappa shape index (κ1) is 27.1. The number of rotatable bonds is 6. The minimum atomic E-state index is -3.92. The molecule has 3 atom stereocenters. The summed E-state index contributed by atoms with van der Waals surface area (Å²) >= 11 is 0. The van der Waals surface area contributed by atoms with Gasteiger partial charge in [-0.2, -0.15) is 4.31 Å². The van der Waals surface area contributed by atoms with Gasteiger partial charge in [0.2, 0.25) is 10.0 Å². The zero-order valence-corrected chi connectivity index (χ0v) is 21.8. The SMILES string of the molecule is C[C@@H]1CN([C@@H](C)CO)S(=O)(=O)c2ccc(C#CC(C)(C)O)cc2O[C@H]1CN(C)Cc1ccncc1. The molecule has 2 N–H and O–H groups in total. The van der Waals surface area contributed by atoms with Crippen LogP contribution in [0, 0.1) is 17.8 Å². The van der Waals surface area contributed by atoms with Gasteiger partial charge < -0.3 is 14.9 Å². The number of aliphatic hydroxyl groups excluding tert-OH is 1. The maximum absolute atomic E-state index is 13.6. The molecular formula is C26H35N3O5S. The number of aromatic nitrogens is 1. The summed E-state index contributed by atoms with van der Waals surface area (Å²) in [5.74, 6) is 5.72. The predicted octanol–water partition coefficient (Wildman–Crippen LogP) is 2.10. The van der Waals surface area contributed by atoms with Crippen molar-refractivity contribution in [2.24, 2.45) is 5.92 Å². The van der Waals surface area contributed by atoms with E-state index < -0.39 is 21.7 Å². The lowest BCUT2D eigenvalue weighted by Gasteiger charge is -2.37. The van der Waals surface area contributed by atoms with Gasteiger partial charge in [-0.15, -0.1) is 0 Å². The Morgan fingerprint density at radius 2 is 1.97 bits per heavy atom. The monoisotopic (exact) mass is 501 g/mol. The third-order valence-corrected chi connectivity index (χ3v) is 7.89. The molecule has 8 nitrogen and oxygen atoms in total. The summed E-state index contributed by atoms with van der Waals surface area (Å²) in [5.41, 5.74) is 0.473. The third kappa shape index (κ3) is 7.03. The molecule has 1 aliphatic heterocycles. The van der Waals surface area contributed by atoms with Gasteiger partial charge in [0, 0.05) is 49.6 Å². The second kappa shape index (κ2) is 11.1. The molecule has 0 saturated heterocycles. The van der Waals surface area contributed by atoms with Crippen molar-refractivity contribution in [2.75, 3.05) is 26.7 Å². The first-order valence-corrected chi connectivity index (χ1v) is 13.1. The van der Waals surface area contributed by atoms with Gasteiger partial charge in [0.15, 0.2) is 0 Å². The lowest BCUT2D eigenvalue weighted by Crippen LogP contribution is -2.49. The van der Waals surface area contributed by atoms with Crippen molar-refractivity contribution in [2.45, 2.75) is 56.9 Å². The molecule has 1 aromatic carbocycles. The van der Waals surface area contributed by atoms with Crippen LogP contribution in [0.4, 0.5) is 0 Å². The molecule has 3 rings (SSSR count). The van der Waals surface area contributed by atoms with Crippen LogP contribution in [0.1, 0.15) is 38.8 Å². The lowest BCUT2D eigenvalue weighted by atomic mass is 10.0. The Morgan fingerprint density at radius 1 is 1.29 bits per heavy atom. The molecule has 0 bridgehead atoms. The van der Waals surface area contributed by atoms with Crippen LogP contribution in [-0.2, 0) is 16.6 Å². The number of hydrogen-bond acceptors (Lipinski definition) is 7. The Balaban J connectivity index is 2.00. The second-order valence-corrected chi connectivity index (χ2v) is 11.6. The standard InChI is InChI=1S/C26H35N3O5S/c1-19-15-29(20(2)18-30)35(32,33)25-7-6-21(8-11-26(3,4)31)14-23(25)34-24(19)17-28(5)16-22-9-12-27-13-10-22/h6-7,9-10,12-14,19-20,24,30-31H,15-18H2,1-5H3/t19-,20+,24+/m1/s1. The molecule has 0 unspecified atom stereocenters. The lowest BCUT2D eigenvalue weighted by molar-refractivity contribution is 0.0733. The Kier molecular flexibility index (Phi) is 8.57. The molecule has 0 spiro atoms. The van der Waals surface area contributed by atoms with Crippen LogP contribution in [0.3, 0.4) is 0 Å². The van der Waals surface area contributed by atoms with E-state index in [2.05, 4.69) is 21.7 Å². The maximum Gasteiger partial charge on any atom is 0.247 e. The first-order valence-electron chi connectivity index (χ1n) is 11.7. The van der Waals surface area contributed by atoms with Crippen LogP contribution in [-0.4, -0.2) is 77.3 Å². The van der Waals surface area contributed by atoms with E-state index in [1.54, 1.807) is 45.3 Å². The number of benzene rings is 1. The molecule has 0 fully saturated rings. The molecule has 1 aliphatic rings. The van der Waals surface area contributed by atoms with Gasteiger partial charge in [-0.1, -0.05) is 18.8 Å². The van der Waals surface area contributed by atoms with Crippen LogP contribution < -0.4 is 4.74 Å². The van der Waals surface area contributed by atoms with E-state index in [0.717, 1.165) is 5.56 Å². The molecule has 2 heterocycles. The van der Waals surface area contributed by atoms with Crippen LogP contribution in [0.15, 0.2) is 47.6 Å². The molecule has 0 radical (unpaired) electrons. The Bertz CT molecular complexity index is 1170. The van der Waals surface area contributed by atoms with E-state index in [0.29, 0.717) is 18.7 Å².